The largest absolute Gasteiger partial charge is 0.497 e. The van der Waals surface area contributed by atoms with Crippen LogP contribution in [0.5, 0.6) is 5.75 Å². The van der Waals surface area contributed by atoms with Crippen molar-refractivity contribution in [2.45, 2.75) is 0 Å². The number of hydrogen-bond donors (Lipinski definition) is 1. The molecular weight excluding hydrogens is 390 g/mol. The summed E-state index contributed by atoms with van der Waals surface area (Å²) in [5, 5.41) is 15.4. The van der Waals surface area contributed by atoms with Gasteiger partial charge in [-0.15, -0.1) is 11.3 Å². The molecule has 0 saturated carbocycles. The summed E-state index contributed by atoms with van der Waals surface area (Å²) < 4.78 is 5.16. The highest BCUT2D eigenvalue weighted by molar-refractivity contribution is 7.11. The molecule has 5 heteroatoms. The van der Waals surface area contributed by atoms with E-state index in [1.165, 1.54) is 16.9 Å². The van der Waals surface area contributed by atoms with Gasteiger partial charge in [-0.2, -0.15) is 5.26 Å². The van der Waals surface area contributed by atoms with Crippen molar-refractivity contribution >= 4 is 22.6 Å². The molecule has 0 fully saturated rings. The quantitative estimate of drug-likeness (QED) is 0.371. The third kappa shape index (κ3) is 4.40. The molecule has 0 amide bonds. The number of anilines is 1. The normalized spacial score (nSPS) is 11.0. The number of ether oxygens (including phenoxy) is 1. The van der Waals surface area contributed by atoms with Crippen LogP contribution in [0.4, 0.5) is 5.69 Å². The van der Waals surface area contributed by atoms with Crippen molar-refractivity contribution in [1.29, 1.82) is 5.26 Å². The fourth-order valence-corrected chi connectivity index (χ4v) is 3.77. The van der Waals surface area contributed by atoms with E-state index in [9.17, 15) is 5.26 Å². The van der Waals surface area contributed by atoms with E-state index in [4.69, 9.17) is 4.74 Å². The fourth-order valence-electron chi connectivity index (χ4n) is 2.98. The molecule has 0 unspecified atom stereocenters. The Morgan fingerprint density at radius 1 is 0.933 bits per heavy atom. The van der Waals surface area contributed by atoms with Crippen molar-refractivity contribution in [1.82, 2.24) is 4.98 Å². The fraction of sp³-hybridized carbons (Fsp3) is 0.0400. The molecule has 0 aliphatic heterocycles. The molecule has 30 heavy (non-hydrogen) atoms. The maximum absolute atomic E-state index is 9.57. The molecule has 4 nitrogen and oxygen atoms in total. The van der Waals surface area contributed by atoms with Crippen molar-refractivity contribution in [2.24, 2.45) is 0 Å². The zero-order valence-electron chi connectivity index (χ0n) is 16.4. The predicted molar refractivity (Wildman–Crippen MR) is 123 cm³/mol. The summed E-state index contributed by atoms with van der Waals surface area (Å²) in [5.41, 5.74) is 5.59. The van der Waals surface area contributed by atoms with Gasteiger partial charge in [0.2, 0.25) is 0 Å². The second-order valence-corrected chi connectivity index (χ2v) is 7.38. The highest BCUT2D eigenvalue weighted by Gasteiger charge is 2.09. The number of methoxy groups -OCH3 is 1. The van der Waals surface area contributed by atoms with Crippen LogP contribution in [0.2, 0.25) is 0 Å². The Labute approximate surface area is 179 Å². The lowest BCUT2D eigenvalue weighted by Crippen LogP contribution is -1.91. The number of benzene rings is 3. The molecule has 0 saturated heterocycles. The topological polar surface area (TPSA) is 57.9 Å². The average Bonchev–Trinajstić information content (AvgIpc) is 3.31. The van der Waals surface area contributed by atoms with Gasteiger partial charge in [0.1, 0.15) is 22.4 Å². The first-order chi connectivity index (χ1) is 14.8. The number of hydrogen-bond acceptors (Lipinski definition) is 5. The number of allylic oxidation sites excluding steroid dienone is 1. The van der Waals surface area contributed by atoms with Crippen LogP contribution in [-0.2, 0) is 0 Å². The van der Waals surface area contributed by atoms with Crippen LogP contribution in [0.15, 0.2) is 90.4 Å². The highest BCUT2D eigenvalue weighted by atomic mass is 32.1. The van der Waals surface area contributed by atoms with Crippen molar-refractivity contribution in [3.63, 3.8) is 0 Å². The minimum absolute atomic E-state index is 0.489. The third-order valence-corrected chi connectivity index (χ3v) is 5.49. The Kier molecular flexibility index (Phi) is 5.88. The van der Waals surface area contributed by atoms with E-state index in [0.717, 1.165) is 28.3 Å². The molecule has 0 radical (unpaired) electrons. The van der Waals surface area contributed by atoms with Crippen LogP contribution in [0.3, 0.4) is 0 Å². The standard InChI is InChI=1S/C25H19N3OS/c1-29-23-13-11-22(12-14-23)27-16-21(15-26)25-28-24(17-30-25)20-9-7-19(8-10-20)18-5-3-2-4-6-18/h2-14,16-17,27H,1H3. The first-order valence-electron chi connectivity index (χ1n) is 9.39. The molecule has 3 aromatic carbocycles. The number of thiazole rings is 1. The van der Waals surface area contributed by atoms with Crippen LogP contribution in [0, 0.1) is 11.3 Å². The molecule has 0 bridgehead atoms. The van der Waals surface area contributed by atoms with Crippen LogP contribution in [0.1, 0.15) is 5.01 Å². The minimum Gasteiger partial charge on any atom is -0.497 e. The van der Waals surface area contributed by atoms with Gasteiger partial charge in [-0.05, 0) is 35.4 Å². The van der Waals surface area contributed by atoms with Gasteiger partial charge in [0.05, 0.1) is 12.8 Å². The molecule has 1 aromatic heterocycles. The smallest absolute Gasteiger partial charge is 0.136 e. The second-order valence-electron chi connectivity index (χ2n) is 6.52. The summed E-state index contributed by atoms with van der Waals surface area (Å²) in [7, 11) is 1.63. The predicted octanol–water partition coefficient (Wildman–Crippen LogP) is 6.46. The lowest BCUT2D eigenvalue weighted by Gasteiger charge is -2.03. The number of aromatic nitrogens is 1. The van der Waals surface area contributed by atoms with Crippen LogP contribution in [-0.4, -0.2) is 12.1 Å². The van der Waals surface area contributed by atoms with Crippen LogP contribution >= 0.6 is 11.3 Å². The van der Waals surface area contributed by atoms with Gasteiger partial charge in [-0.1, -0.05) is 54.6 Å². The van der Waals surface area contributed by atoms with E-state index >= 15 is 0 Å². The summed E-state index contributed by atoms with van der Waals surface area (Å²) >= 11 is 1.46. The summed E-state index contributed by atoms with van der Waals surface area (Å²) in [6.45, 7) is 0. The first-order valence-corrected chi connectivity index (χ1v) is 10.3. The van der Waals surface area contributed by atoms with Gasteiger partial charge in [0, 0.05) is 22.8 Å². The molecule has 4 aromatic rings. The van der Waals surface area contributed by atoms with Crippen molar-refractivity contribution in [3.8, 4) is 34.2 Å². The SMILES string of the molecule is COc1ccc(NC=C(C#N)c2nc(-c3ccc(-c4ccccc4)cc3)cs2)cc1. The number of nitriles is 1. The highest BCUT2D eigenvalue weighted by Crippen LogP contribution is 2.28. The van der Waals surface area contributed by atoms with E-state index in [0.29, 0.717) is 10.6 Å². The number of nitrogens with one attached hydrogen (secondary N) is 1. The minimum atomic E-state index is 0.489. The van der Waals surface area contributed by atoms with E-state index in [2.05, 4.69) is 52.8 Å². The van der Waals surface area contributed by atoms with Gasteiger partial charge < -0.3 is 10.1 Å². The van der Waals surface area contributed by atoms with Crippen LogP contribution < -0.4 is 10.1 Å². The molecule has 0 aliphatic carbocycles. The molecule has 0 atom stereocenters. The van der Waals surface area contributed by atoms with Crippen molar-refractivity contribution in [3.05, 3.63) is 95.5 Å². The molecule has 1 heterocycles. The lowest BCUT2D eigenvalue weighted by atomic mass is 10.0. The molecule has 146 valence electrons. The van der Waals surface area contributed by atoms with E-state index in [1.54, 1.807) is 13.3 Å². The van der Waals surface area contributed by atoms with Crippen LogP contribution in [0.25, 0.3) is 28.0 Å². The monoisotopic (exact) mass is 409 g/mol. The Morgan fingerprint density at radius 3 is 2.27 bits per heavy atom. The zero-order chi connectivity index (χ0) is 20.8. The molecule has 0 spiro atoms. The lowest BCUT2D eigenvalue weighted by molar-refractivity contribution is 0.415. The second kappa shape index (κ2) is 9.08. The van der Waals surface area contributed by atoms with Gasteiger partial charge >= 0.3 is 0 Å². The Hall–Kier alpha value is -3.88. The van der Waals surface area contributed by atoms with Gasteiger partial charge in [0.15, 0.2) is 0 Å². The maximum Gasteiger partial charge on any atom is 0.136 e. The summed E-state index contributed by atoms with van der Waals surface area (Å²) in [6, 6.07) is 28.3. The first kappa shape index (κ1) is 19.4. The summed E-state index contributed by atoms with van der Waals surface area (Å²) in [4.78, 5) is 4.66. The van der Waals surface area contributed by atoms with Gasteiger partial charge in [-0.25, -0.2) is 4.98 Å². The van der Waals surface area contributed by atoms with Gasteiger partial charge in [0.25, 0.3) is 0 Å². The van der Waals surface area contributed by atoms with Gasteiger partial charge in [-0.3, -0.25) is 0 Å². The Balaban J connectivity index is 1.51. The van der Waals surface area contributed by atoms with Crippen molar-refractivity contribution < 1.29 is 4.74 Å². The Bertz CT molecular complexity index is 1190. The van der Waals surface area contributed by atoms with E-state index in [1.807, 2.05) is 47.8 Å². The molecule has 0 aliphatic rings. The van der Waals surface area contributed by atoms with E-state index < -0.39 is 0 Å². The van der Waals surface area contributed by atoms with E-state index in [-0.39, 0.29) is 0 Å². The number of rotatable bonds is 6. The summed E-state index contributed by atoms with van der Waals surface area (Å²) in [6.07, 6.45) is 1.68. The third-order valence-electron chi connectivity index (χ3n) is 4.62. The molecular formula is C25H19N3OS. The maximum atomic E-state index is 9.57. The number of nitrogens with zero attached hydrogens (tertiary/aromatic N) is 2. The molecule has 4 rings (SSSR count). The average molecular weight is 410 g/mol. The van der Waals surface area contributed by atoms with Crippen molar-refractivity contribution in [2.75, 3.05) is 12.4 Å². The molecule has 1 N–H and O–H groups in total. The zero-order valence-corrected chi connectivity index (χ0v) is 17.2. The Morgan fingerprint density at radius 2 is 1.60 bits per heavy atom. The summed E-state index contributed by atoms with van der Waals surface area (Å²) in [5.74, 6) is 0.785.